The van der Waals surface area contributed by atoms with Crippen LogP contribution >= 0.6 is 0 Å². The molecule has 0 bridgehead atoms. The van der Waals surface area contributed by atoms with Crippen molar-refractivity contribution in [2.45, 2.75) is 62.8 Å². The van der Waals surface area contributed by atoms with E-state index in [9.17, 15) is 4.21 Å². The molecule has 0 aliphatic carbocycles. The van der Waals surface area contributed by atoms with Crippen molar-refractivity contribution < 1.29 is 13.7 Å². The molecule has 0 amide bonds. The van der Waals surface area contributed by atoms with Crippen molar-refractivity contribution in [3.63, 3.8) is 0 Å². The van der Waals surface area contributed by atoms with Gasteiger partial charge >= 0.3 is 0 Å². The van der Waals surface area contributed by atoms with E-state index in [1.807, 2.05) is 43.3 Å². The molecule has 1 heterocycles. The molecule has 1 atom stereocenters. The van der Waals surface area contributed by atoms with Gasteiger partial charge < -0.3 is 9.47 Å². The van der Waals surface area contributed by atoms with E-state index in [1.165, 1.54) is 5.56 Å². The van der Waals surface area contributed by atoms with Crippen LogP contribution in [0.5, 0.6) is 11.5 Å². The molecule has 31 heavy (non-hydrogen) atoms. The first-order valence-corrected chi connectivity index (χ1v) is 11.4. The number of nitrogens with zero attached hydrogens (tertiary/aromatic N) is 3. The Morgan fingerprint density at radius 3 is 2.13 bits per heavy atom. The molecule has 0 saturated heterocycles. The molecule has 0 aliphatic heterocycles. The highest BCUT2D eigenvalue weighted by molar-refractivity contribution is 7.85. The molecular weight excluding hydrogens is 410 g/mol. The topological polar surface area (TPSA) is 66.2 Å². The normalized spacial score (nSPS) is 12.8. The molecule has 1 unspecified atom stereocenters. The van der Waals surface area contributed by atoms with E-state index < -0.39 is 10.8 Å². The van der Waals surface area contributed by atoms with Crippen molar-refractivity contribution in [3.05, 3.63) is 53.2 Å². The van der Waals surface area contributed by atoms with Crippen LogP contribution < -0.4 is 9.47 Å². The molecule has 6 nitrogen and oxygen atoms in total. The number of aromatic nitrogens is 3. The monoisotopic (exact) mass is 441 g/mol. The average Bonchev–Trinajstić information content (AvgIpc) is 3.12. The highest BCUT2D eigenvalue weighted by atomic mass is 32.2. The van der Waals surface area contributed by atoms with Gasteiger partial charge in [-0.3, -0.25) is 0 Å². The van der Waals surface area contributed by atoms with E-state index in [-0.39, 0.29) is 11.3 Å². The zero-order valence-electron chi connectivity index (χ0n) is 19.5. The second kappa shape index (κ2) is 8.83. The summed E-state index contributed by atoms with van der Waals surface area (Å²) in [6.45, 7) is 12.5. The van der Waals surface area contributed by atoms with E-state index in [0.717, 1.165) is 11.3 Å². The lowest BCUT2D eigenvalue weighted by Crippen LogP contribution is -2.10. The van der Waals surface area contributed by atoms with Crippen LogP contribution in [0.15, 0.2) is 46.3 Å². The number of benzene rings is 2. The zero-order valence-corrected chi connectivity index (χ0v) is 20.3. The zero-order chi connectivity index (χ0) is 22.9. The molecule has 3 rings (SSSR count). The summed E-state index contributed by atoms with van der Waals surface area (Å²) in [5.41, 5.74) is 3.66. The van der Waals surface area contributed by atoms with E-state index >= 15 is 0 Å². The van der Waals surface area contributed by atoms with E-state index in [2.05, 4.69) is 44.9 Å². The summed E-state index contributed by atoms with van der Waals surface area (Å²) >= 11 is 0. The van der Waals surface area contributed by atoms with Crippen LogP contribution in [0.1, 0.15) is 57.4 Å². The maximum Gasteiger partial charge on any atom is 0.177 e. The first-order valence-electron chi connectivity index (χ1n) is 10.3. The van der Waals surface area contributed by atoms with E-state index in [0.29, 0.717) is 27.1 Å². The maximum atomic E-state index is 13.2. The lowest BCUT2D eigenvalue weighted by molar-refractivity contribution is 0.394. The molecule has 0 spiro atoms. The van der Waals surface area contributed by atoms with Crippen molar-refractivity contribution >= 4 is 10.8 Å². The van der Waals surface area contributed by atoms with Crippen molar-refractivity contribution in [2.24, 2.45) is 0 Å². The third-order valence-electron chi connectivity index (χ3n) is 5.34. The molecule has 166 valence electrons. The minimum Gasteiger partial charge on any atom is -0.496 e. The fourth-order valence-corrected chi connectivity index (χ4v) is 4.50. The van der Waals surface area contributed by atoms with Gasteiger partial charge in [-0.05, 0) is 42.0 Å². The fraction of sp³-hybridized carbons (Fsp3) is 0.417. The molecule has 1 aromatic heterocycles. The minimum absolute atomic E-state index is 0.0385. The average molecular weight is 442 g/mol. The van der Waals surface area contributed by atoms with Crippen LogP contribution in [0.3, 0.4) is 0 Å². The summed E-state index contributed by atoms with van der Waals surface area (Å²) in [4.78, 5) is 0.697. The number of rotatable bonds is 6. The Bertz CT molecular complexity index is 1100. The molecule has 0 fully saturated rings. The summed E-state index contributed by atoms with van der Waals surface area (Å²) in [5, 5.41) is 8.96. The Labute approximate surface area is 187 Å². The van der Waals surface area contributed by atoms with Crippen molar-refractivity contribution in [1.82, 2.24) is 15.0 Å². The summed E-state index contributed by atoms with van der Waals surface area (Å²) in [5.74, 6) is 1.68. The van der Waals surface area contributed by atoms with Crippen LogP contribution in [0.25, 0.3) is 5.69 Å². The summed E-state index contributed by atoms with van der Waals surface area (Å²) in [7, 11) is 1.83. The molecule has 0 radical (unpaired) electrons. The van der Waals surface area contributed by atoms with Crippen LogP contribution in [-0.4, -0.2) is 33.4 Å². The Hall–Kier alpha value is -2.67. The number of methoxy groups -OCH3 is 2. The summed E-state index contributed by atoms with van der Waals surface area (Å²) in [6, 6.07) is 11.7. The van der Waals surface area contributed by atoms with Crippen LogP contribution in [-0.2, 0) is 16.2 Å². The summed E-state index contributed by atoms with van der Waals surface area (Å²) in [6.07, 6.45) is 0. The van der Waals surface area contributed by atoms with Crippen LogP contribution in [0, 0.1) is 6.92 Å². The Morgan fingerprint density at radius 2 is 1.61 bits per heavy atom. The number of hydrogen-bond donors (Lipinski definition) is 0. The van der Waals surface area contributed by atoms with E-state index in [1.54, 1.807) is 18.9 Å². The fourth-order valence-electron chi connectivity index (χ4n) is 3.43. The molecule has 0 N–H and O–H groups in total. The minimum atomic E-state index is -1.44. The van der Waals surface area contributed by atoms with Crippen molar-refractivity contribution in [3.8, 4) is 17.2 Å². The molecular formula is C24H31N3O3S. The van der Waals surface area contributed by atoms with Crippen molar-refractivity contribution in [2.75, 3.05) is 14.2 Å². The van der Waals surface area contributed by atoms with E-state index in [4.69, 9.17) is 9.47 Å². The standard InChI is InChI=1S/C24H31N3O3S/c1-15(2)19-13-22(30-8)20(14-21(19)29-7)27-16(3)23(25-26-27)31(28)18-11-9-17(10-12-18)24(4,5)6/h9-15H,1-8H3. The first kappa shape index (κ1) is 23.0. The number of ether oxygens (including phenoxy) is 2. The van der Waals surface area contributed by atoms with Gasteiger partial charge in [-0.2, -0.15) is 0 Å². The second-order valence-electron chi connectivity index (χ2n) is 8.86. The predicted molar refractivity (Wildman–Crippen MR) is 123 cm³/mol. The van der Waals surface area contributed by atoms with Gasteiger partial charge in [0.1, 0.15) is 28.0 Å². The second-order valence-corrected chi connectivity index (χ2v) is 10.3. The summed E-state index contributed by atoms with van der Waals surface area (Å²) < 4.78 is 26.1. The first-order chi connectivity index (χ1) is 14.6. The largest absolute Gasteiger partial charge is 0.496 e. The van der Waals surface area contributed by atoms with Gasteiger partial charge in [0.05, 0.1) is 19.9 Å². The van der Waals surface area contributed by atoms with Gasteiger partial charge in [0.15, 0.2) is 5.03 Å². The van der Waals surface area contributed by atoms with Crippen molar-refractivity contribution in [1.29, 1.82) is 0 Å². The van der Waals surface area contributed by atoms with Gasteiger partial charge in [-0.1, -0.05) is 52.0 Å². The Morgan fingerprint density at radius 1 is 1.00 bits per heavy atom. The predicted octanol–water partition coefficient (Wildman–Crippen LogP) is 5.18. The van der Waals surface area contributed by atoms with Gasteiger partial charge in [0.25, 0.3) is 0 Å². The quantitative estimate of drug-likeness (QED) is 0.527. The molecule has 3 aromatic rings. The Balaban J connectivity index is 2.03. The van der Waals surface area contributed by atoms with Gasteiger partial charge in [-0.15, -0.1) is 5.10 Å². The molecule has 0 saturated carbocycles. The van der Waals surface area contributed by atoms with Gasteiger partial charge in [0.2, 0.25) is 0 Å². The van der Waals surface area contributed by atoms with Crippen LogP contribution in [0.2, 0.25) is 0 Å². The smallest absolute Gasteiger partial charge is 0.177 e. The number of hydrogen-bond acceptors (Lipinski definition) is 5. The van der Waals surface area contributed by atoms with Gasteiger partial charge in [0, 0.05) is 16.5 Å². The highest BCUT2D eigenvalue weighted by Gasteiger charge is 2.22. The lowest BCUT2D eigenvalue weighted by atomic mass is 9.87. The van der Waals surface area contributed by atoms with Gasteiger partial charge in [-0.25, -0.2) is 8.89 Å². The molecule has 7 heteroatoms. The molecule has 0 aliphatic rings. The SMILES string of the molecule is COc1cc(-n2nnc(S(=O)c3ccc(C(C)(C)C)cc3)c2C)c(OC)cc1C(C)C. The maximum absolute atomic E-state index is 13.2. The molecule has 2 aromatic carbocycles. The van der Waals surface area contributed by atoms with Crippen LogP contribution in [0.4, 0.5) is 0 Å². The third-order valence-corrected chi connectivity index (χ3v) is 6.77. The lowest BCUT2D eigenvalue weighted by Gasteiger charge is -2.19. The Kier molecular flexibility index (Phi) is 6.55. The highest BCUT2D eigenvalue weighted by Crippen LogP contribution is 2.36. The third kappa shape index (κ3) is 4.51.